The van der Waals surface area contributed by atoms with Gasteiger partial charge in [0.25, 0.3) is 5.69 Å². The van der Waals surface area contributed by atoms with Crippen LogP contribution < -0.4 is 10.1 Å². The lowest BCUT2D eigenvalue weighted by molar-refractivity contribution is -0.384. The van der Waals surface area contributed by atoms with E-state index in [1.165, 1.54) is 6.07 Å². The van der Waals surface area contributed by atoms with Crippen molar-refractivity contribution in [2.24, 2.45) is 0 Å². The first-order valence-electron chi connectivity index (χ1n) is 9.57. The van der Waals surface area contributed by atoms with E-state index in [4.69, 9.17) is 9.72 Å². The van der Waals surface area contributed by atoms with E-state index in [0.29, 0.717) is 11.9 Å². The van der Waals surface area contributed by atoms with Crippen molar-refractivity contribution in [1.29, 1.82) is 0 Å². The van der Waals surface area contributed by atoms with E-state index >= 15 is 0 Å². The van der Waals surface area contributed by atoms with Gasteiger partial charge in [-0.2, -0.15) is 0 Å². The SMILES string of the molecule is CCNCCn1c(Cc2ccc(OC(C)C)cc2)nc2cc([N+](=O)[O-])ccc21. The Bertz CT molecular complexity index is 948. The van der Waals surface area contributed by atoms with E-state index in [2.05, 4.69) is 16.8 Å². The molecule has 28 heavy (non-hydrogen) atoms. The number of nitrogens with one attached hydrogen (secondary N) is 1. The van der Waals surface area contributed by atoms with Gasteiger partial charge in [0.05, 0.1) is 22.1 Å². The van der Waals surface area contributed by atoms with E-state index in [0.717, 1.165) is 42.3 Å². The smallest absolute Gasteiger partial charge is 0.271 e. The van der Waals surface area contributed by atoms with Gasteiger partial charge in [-0.25, -0.2) is 4.98 Å². The number of nitro benzene ring substituents is 1. The number of nitro groups is 1. The lowest BCUT2D eigenvalue weighted by Gasteiger charge is -2.11. The summed E-state index contributed by atoms with van der Waals surface area (Å²) in [6, 6.07) is 12.9. The normalized spacial score (nSPS) is 11.3. The second-order valence-electron chi connectivity index (χ2n) is 6.95. The molecule has 0 aliphatic rings. The van der Waals surface area contributed by atoms with Gasteiger partial charge in [-0.05, 0) is 44.2 Å². The van der Waals surface area contributed by atoms with Crippen molar-refractivity contribution < 1.29 is 9.66 Å². The molecule has 1 N–H and O–H groups in total. The number of hydrogen-bond donors (Lipinski definition) is 1. The summed E-state index contributed by atoms with van der Waals surface area (Å²) in [6.07, 6.45) is 0.785. The first-order valence-corrected chi connectivity index (χ1v) is 9.57. The summed E-state index contributed by atoms with van der Waals surface area (Å²) in [4.78, 5) is 15.4. The van der Waals surface area contributed by atoms with Crippen LogP contribution in [0, 0.1) is 10.1 Å². The summed E-state index contributed by atoms with van der Waals surface area (Å²) in [7, 11) is 0. The van der Waals surface area contributed by atoms with Gasteiger partial charge in [-0.15, -0.1) is 0 Å². The summed E-state index contributed by atoms with van der Waals surface area (Å²) in [5, 5.41) is 14.4. The minimum atomic E-state index is -0.385. The zero-order chi connectivity index (χ0) is 20.1. The second-order valence-corrected chi connectivity index (χ2v) is 6.95. The predicted octanol–water partition coefficient (Wildman–Crippen LogP) is 3.93. The van der Waals surface area contributed by atoms with Crippen LogP contribution in [-0.2, 0) is 13.0 Å². The maximum absolute atomic E-state index is 11.1. The summed E-state index contributed by atoms with van der Waals surface area (Å²) >= 11 is 0. The van der Waals surface area contributed by atoms with Gasteiger partial charge >= 0.3 is 0 Å². The number of hydrogen-bond acceptors (Lipinski definition) is 5. The number of aromatic nitrogens is 2. The van der Waals surface area contributed by atoms with Gasteiger partial charge in [0, 0.05) is 31.6 Å². The van der Waals surface area contributed by atoms with Crippen LogP contribution in [0.2, 0.25) is 0 Å². The van der Waals surface area contributed by atoms with E-state index in [1.807, 2.05) is 38.1 Å². The minimum Gasteiger partial charge on any atom is -0.491 e. The highest BCUT2D eigenvalue weighted by Gasteiger charge is 2.15. The molecule has 0 aliphatic carbocycles. The van der Waals surface area contributed by atoms with Crippen molar-refractivity contribution in [2.75, 3.05) is 13.1 Å². The fourth-order valence-electron chi connectivity index (χ4n) is 3.17. The lowest BCUT2D eigenvalue weighted by atomic mass is 10.1. The summed E-state index contributed by atoms with van der Waals surface area (Å²) in [5.74, 6) is 1.74. The van der Waals surface area contributed by atoms with Crippen molar-refractivity contribution in [3.8, 4) is 5.75 Å². The quantitative estimate of drug-likeness (QED) is 0.344. The molecule has 1 aromatic heterocycles. The van der Waals surface area contributed by atoms with Crippen LogP contribution >= 0.6 is 0 Å². The Hall–Kier alpha value is -2.93. The Morgan fingerprint density at radius 3 is 2.61 bits per heavy atom. The number of fused-ring (bicyclic) bond motifs is 1. The molecular formula is C21H26N4O3. The molecule has 3 aromatic rings. The number of benzene rings is 2. The molecule has 148 valence electrons. The Morgan fingerprint density at radius 1 is 1.21 bits per heavy atom. The molecule has 0 spiro atoms. The van der Waals surface area contributed by atoms with Gasteiger partial charge in [-0.3, -0.25) is 10.1 Å². The Balaban J connectivity index is 1.91. The third-order valence-corrected chi connectivity index (χ3v) is 4.44. The van der Waals surface area contributed by atoms with Crippen molar-refractivity contribution in [3.63, 3.8) is 0 Å². The molecule has 7 nitrogen and oxygen atoms in total. The van der Waals surface area contributed by atoms with E-state index in [9.17, 15) is 10.1 Å². The second kappa shape index (κ2) is 8.84. The molecule has 0 saturated heterocycles. The van der Waals surface area contributed by atoms with Crippen LogP contribution in [-0.4, -0.2) is 33.7 Å². The molecule has 0 atom stereocenters. The Labute approximate surface area is 164 Å². The summed E-state index contributed by atoms with van der Waals surface area (Å²) < 4.78 is 7.84. The van der Waals surface area contributed by atoms with E-state index in [1.54, 1.807) is 12.1 Å². The van der Waals surface area contributed by atoms with Gasteiger partial charge in [-0.1, -0.05) is 19.1 Å². The third-order valence-electron chi connectivity index (χ3n) is 4.44. The average molecular weight is 382 g/mol. The standard InChI is InChI=1S/C21H26N4O3/c1-4-22-11-12-24-20-10-7-17(25(26)27)14-19(20)23-21(24)13-16-5-8-18(9-6-16)28-15(2)3/h5-10,14-15,22H,4,11-13H2,1-3H3. The molecule has 0 fully saturated rings. The van der Waals surface area contributed by atoms with Gasteiger partial charge in [0.15, 0.2) is 0 Å². The molecule has 0 unspecified atom stereocenters. The topological polar surface area (TPSA) is 82.2 Å². The zero-order valence-corrected chi connectivity index (χ0v) is 16.5. The predicted molar refractivity (Wildman–Crippen MR) is 110 cm³/mol. The van der Waals surface area contributed by atoms with Crippen LogP contribution in [0.3, 0.4) is 0 Å². The molecule has 3 rings (SSSR count). The van der Waals surface area contributed by atoms with Gasteiger partial charge in [0.2, 0.25) is 0 Å². The van der Waals surface area contributed by atoms with Crippen LogP contribution in [0.25, 0.3) is 11.0 Å². The molecule has 2 aromatic carbocycles. The average Bonchev–Trinajstić information content (AvgIpc) is 2.99. The fourth-order valence-corrected chi connectivity index (χ4v) is 3.17. The third kappa shape index (κ3) is 4.67. The number of rotatable bonds is 9. The maximum atomic E-state index is 11.1. The Kier molecular flexibility index (Phi) is 6.26. The molecular weight excluding hydrogens is 356 g/mol. The molecule has 0 bridgehead atoms. The summed E-state index contributed by atoms with van der Waals surface area (Å²) in [6.45, 7) is 8.53. The molecule has 0 saturated carbocycles. The highest BCUT2D eigenvalue weighted by atomic mass is 16.6. The number of likely N-dealkylation sites (N-methyl/N-ethyl adjacent to an activating group) is 1. The van der Waals surface area contributed by atoms with Crippen molar-refractivity contribution >= 4 is 16.7 Å². The number of ether oxygens (including phenoxy) is 1. The monoisotopic (exact) mass is 382 g/mol. The largest absolute Gasteiger partial charge is 0.491 e. The van der Waals surface area contributed by atoms with Gasteiger partial charge < -0.3 is 14.6 Å². The van der Waals surface area contributed by atoms with Crippen LogP contribution in [0.4, 0.5) is 5.69 Å². The van der Waals surface area contributed by atoms with Crippen LogP contribution in [0.5, 0.6) is 5.75 Å². The number of nitrogens with zero attached hydrogens (tertiary/aromatic N) is 3. The first-order chi connectivity index (χ1) is 13.5. The summed E-state index contributed by atoms with van der Waals surface area (Å²) in [5.41, 5.74) is 2.75. The highest BCUT2D eigenvalue weighted by Crippen LogP contribution is 2.24. The lowest BCUT2D eigenvalue weighted by Crippen LogP contribution is -2.20. The Morgan fingerprint density at radius 2 is 1.96 bits per heavy atom. The number of non-ortho nitro benzene ring substituents is 1. The maximum Gasteiger partial charge on any atom is 0.271 e. The van der Waals surface area contributed by atoms with Crippen molar-refractivity contribution in [3.05, 3.63) is 64.0 Å². The van der Waals surface area contributed by atoms with Crippen molar-refractivity contribution in [2.45, 2.75) is 39.8 Å². The fraction of sp³-hybridized carbons (Fsp3) is 0.381. The molecule has 0 aliphatic heterocycles. The van der Waals surface area contributed by atoms with Crippen LogP contribution in [0.1, 0.15) is 32.2 Å². The number of imidazole rings is 1. The molecule has 7 heteroatoms. The van der Waals surface area contributed by atoms with E-state index < -0.39 is 0 Å². The molecule has 0 radical (unpaired) electrons. The first kappa shape index (κ1) is 19.8. The van der Waals surface area contributed by atoms with Crippen LogP contribution in [0.15, 0.2) is 42.5 Å². The minimum absolute atomic E-state index is 0.0607. The highest BCUT2D eigenvalue weighted by molar-refractivity contribution is 5.78. The zero-order valence-electron chi connectivity index (χ0n) is 16.5. The van der Waals surface area contributed by atoms with Gasteiger partial charge in [0.1, 0.15) is 11.6 Å². The molecule has 0 amide bonds. The van der Waals surface area contributed by atoms with E-state index in [-0.39, 0.29) is 16.7 Å². The molecule has 1 heterocycles. The van der Waals surface area contributed by atoms with Crippen molar-refractivity contribution in [1.82, 2.24) is 14.9 Å².